The Morgan fingerprint density at radius 3 is 2.39 bits per heavy atom. The van der Waals surface area contributed by atoms with Crippen LogP contribution in [0.25, 0.3) is 6.08 Å². The molecule has 23 heavy (non-hydrogen) atoms. The molecule has 1 aromatic carbocycles. The van der Waals surface area contributed by atoms with Crippen molar-refractivity contribution in [2.24, 2.45) is 4.99 Å². The molecule has 0 atom stereocenters. The summed E-state index contributed by atoms with van der Waals surface area (Å²) in [7, 11) is 0. The third-order valence-corrected chi connectivity index (χ3v) is 4.21. The van der Waals surface area contributed by atoms with Gasteiger partial charge in [-0.3, -0.25) is 14.7 Å². The summed E-state index contributed by atoms with van der Waals surface area (Å²) in [6, 6.07) is 8.02. The number of amidine groups is 1. The van der Waals surface area contributed by atoms with Crippen LogP contribution in [-0.4, -0.2) is 34.7 Å². The molecule has 0 bridgehead atoms. The van der Waals surface area contributed by atoms with E-state index in [1.165, 1.54) is 11.8 Å². The highest BCUT2D eigenvalue weighted by Gasteiger charge is 2.35. The monoisotopic (exact) mass is 332 g/mol. The number of carbonyl (C=O) groups excluding carboxylic acids is 1. The molecule has 0 radical (unpaired) electrons. The van der Waals surface area contributed by atoms with Gasteiger partial charge in [0.25, 0.3) is 5.91 Å². The van der Waals surface area contributed by atoms with E-state index in [0.717, 1.165) is 16.5 Å². The van der Waals surface area contributed by atoms with Gasteiger partial charge in [0.1, 0.15) is 5.75 Å². The summed E-state index contributed by atoms with van der Waals surface area (Å²) < 4.78 is 5.44. The average Bonchev–Trinajstić information content (AvgIpc) is 2.76. The van der Waals surface area contributed by atoms with Gasteiger partial charge in [-0.05, 0) is 70.2 Å². The van der Waals surface area contributed by atoms with Gasteiger partial charge in [0, 0.05) is 12.1 Å². The number of nitrogens with zero attached hydrogens (tertiary/aromatic N) is 2. The Labute approximate surface area is 142 Å². The maximum absolute atomic E-state index is 12.6. The minimum absolute atomic E-state index is 0.0262. The van der Waals surface area contributed by atoms with E-state index in [1.54, 1.807) is 4.90 Å². The van der Waals surface area contributed by atoms with Gasteiger partial charge < -0.3 is 4.74 Å². The van der Waals surface area contributed by atoms with E-state index in [4.69, 9.17) is 4.74 Å². The van der Waals surface area contributed by atoms with Crippen molar-refractivity contribution in [3.63, 3.8) is 0 Å². The third-order valence-electron chi connectivity index (χ3n) is 3.21. The summed E-state index contributed by atoms with van der Waals surface area (Å²) in [6.45, 7) is 10.7. The van der Waals surface area contributed by atoms with E-state index in [9.17, 15) is 4.79 Å². The van der Waals surface area contributed by atoms with Crippen molar-refractivity contribution >= 4 is 28.9 Å². The molecule has 2 rings (SSSR count). The van der Waals surface area contributed by atoms with Crippen molar-refractivity contribution in [3.05, 3.63) is 34.7 Å². The summed E-state index contributed by atoms with van der Waals surface area (Å²) in [5.74, 6) is 0.865. The third kappa shape index (κ3) is 4.38. The maximum Gasteiger partial charge on any atom is 0.266 e. The topological polar surface area (TPSA) is 41.9 Å². The lowest BCUT2D eigenvalue weighted by Gasteiger charge is -2.20. The molecule has 0 aromatic heterocycles. The second-order valence-electron chi connectivity index (χ2n) is 5.89. The maximum atomic E-state index is 12.6. The molecule has 1 aliphatic heterocycles. The predicted octanol–water partition coefficient (Wildman–Crippen LogP) is 4.17. The van der Waals surface area contributed by atoms with Crippen molar-refractivity contribution in [1.82, 2.24) is 4.90 Å². The zero-order chi connectivity index (χ0) is 17.0. The lowest BCUT2D eigenvalue weighted by Crippen LogP contribution is -2.35. The first-order valence-electron chi connectivity index (χ1n) is 7.96. The fourth-order valence-electron chi connectivity index (χ4n) is 2.23. The molecular formula is C18H24N2O2S. The Balaban J connectivity index is 2.27. The van der Waals surface area contributed by atoms with Crippen molar-refractivity contribution in [2.75, 3.05) is 6.61 Å². The van der Waals surface area contributed by atoms with Crippen LogP contribution < -0.4 is 4.74 Å². The van der Waals surface area contributed by atoms with Gasteiger partial charge in [0.05, 0.1) is 11.5 Å². The van der Waals surface area contributed by atoms with Crippen LogP contribution in [0.4, 0.5) is 0 Å². The highest BCUT2D eigenvalue weighted by Crippen LogP contribution is 2.34. The minimum Gasteiger partial charge on any atom is -0.494 e. The van der Waals surface area contributed by atoms with Crippen molar-refractivity contribution in [1.29, 1.82) is 0 Å². The second-order valence-corrected chi connectivity index (χ2v) is 6.90. The molecule has 4 nitrogen and oxygen atoms in total. The number of hydrogen-bond acceptors (Lipinski definition) is 4. The first-order valence-corrected chi connectivity index (χ1v) is 8.77. The molecule has 0 spiro atoms. The second kappa shape index (κ2) is 7.68. The van der Waals surface area contributed by atoms with Gasteiger partial charge in [0.2, 0.25) is 0 Å². The van der Waals surface area contributed by atoms with Crippen LogP contribution in [0, 0.1) is 0 Å². The molecule has 0 saturated carbocycles. The van der Waals surface area contributed by atoms with E-state index < -0.39 is 0 Å². The summed E-state index contributed by atoms with van der Waals surface area (Å²) in [5.41, 5.74) is 0.985. The first kappa shape index (κ1) is 17.6. The molecule has 1 saturated heterocycles. The molecule has 0 unspecified atom stereocenters. The molecule has 1 aliphatic rings. The van der Waals surface area contributed by atoms with Crippen LogP contribution in [0.3, 0.4) is 0 Å². The normalized spacial score (nSPS) is 18.7. The highest BCUT2D eigenvalue weighted by atomic mass is 32.2. The van der Waals surface area contributed by atoms with E-state index >= 15 is 0 Å². The van der Waals surface area contributed by atoms with Gasteiger partial charge in [-0.1, -0.05) is 12.1 Å². The number of thioether (sulfide) groups is 1. The average molecular weight is 332 g/mol. The van der Waals surface area contributed by atoms with E-state index in [1.807, 2.05) is 65.0 Å². The first-order chi connectivity index (χ1) is 10.9. The molecule has 1 fully saturated rings. The molecule has 1 amide bonds. The number of hydrogen-bond donors (Lipinski definition) is 0. The zero-order valence-corrected chi connectivity index (χ0v) is 15.2. The molecular weight excluding hydrogens is 308 g/mol. The zero-order valence-electron chi connectivity index (χ0n) is 14.4. The predicted molar refractivity (Wildman–Crippen MR) is 97.7 cm³/mol. The largest absolute Gasteiger partial charge is 0.494 e. The quantitative estimate of drug-likeness (QED) is 0.760. The smallest absolute Gasteiger partial charge is 0.266 e. The molecule has 5 heteroatoms. The Morgan fingerprint density at radius 1 is 1.22 bits per heavy atom. The van der Waals surface area contributed by atoms with E-state index in [2.05, 4.69) is 4.99 Å². The van der Waals surface area contributed by atoms with E-state index in [0.29, 0.717) is 11.5 Å². The van der Waals surface area contributed by atoms with Crippen LogP contribution in [0.1, 0.15) is 40.2 Å². The molecule has 0 N–H and O–H groups in total. The number of ether oxygens (including phenoxy) is 1. The van der Waals surface area contributed by atoms with Crippen LogP contribution in [-0.2, 0) is 4.79 Å². The fourth-order valence-corrected chi connectivity index (χ4v) is 3.46. The number of amides is 1. The molecule has 124 valence electrons. The Hall–Kier alpha value is -1.75. The Bertz CT molecular complexity index is 618. The SMILES string of the molecule is CCOc1ccc(/C=C2/SC(=NC(C)C)N(C(C)C)C2=O)cc1. The molecule has 1 heterocycles. The molecule has 0 aliphatic carbocycles. The Morgan fingerprint density at radius 2 is 1.87 bits per heavy atom. The standard InChI is InChI=1S/C18H24N2O2S/c1-6-22-15-9-7-14(8-10-15)11-16-17(21)20(13(4)5)18(23-16)19-12(2)3/h7-13H,6H2,1-5H3/b16-11+,19-18?. The minimum atomic E-state index is 0.0262. The van der Waals surface area contributed by atoms with Crippen molar-refractivity contribution in [3.8, 4) is 5.75 Å². The van der Waals surface area contributed by atoms with Gasteiger partial charge >= 0.3 is 0 Å². The van der Waals surface area contributed by atoms with Crippen molar-refractivity contribution < 1.29 is 9.53 Å². The number of rotatable bonds is 5. The van der Waals surface area contributed by atoms with Crippen LogP contribution in [0.15, 0.2) is 34.2 Å². The number of aliphatic imine (C=N–C) groups is 1. The van der Waals surface area contributed by atoms with E-state index in [-0.39, 0.29) is 18.0 Å². The highest BCUT2D eigenvalue weighted by molar-refractivity contribution is 8.18. The summed E-state index contributed by atoms with van der Waals surface area (Å²) in [5, 5.41) is 0.789. The number of benzene rings is 1. The van der Waals surface area contributed by atoms with Crippen LogP contribution in [0.2, 0.25) is 0 Å². The fraction of sp³-hybridized carbons (Fsp3) is 0.444. The number of carbonyl (C=O) groups is 1. The lowest BCUT2D eigenvalue weighted by atomic mass is 10.2. The summed E-state index contributed by atoms with van der Waals surface area (Å²) >= 11 is 1.45. The lowest BCUT2D eigenvalue weighted by molar-refractivity contribution is -0.123. The molecule has 1 aromatic rings. The van der Waals surface area contributed by atoms with Crippen molar-refractivity contribution in [2.45, 2.75) is 46.7 Å². The van der Waals surface area contributed by atoms with Gasteiger partial charge in [-0.2, -0.15) is 0 Å². The van der Waals surface area contributed by atoms with Crippen LogP contribution >= 0.6 is 11.8 Å². The van der Waals surface area contributed by atoms with Gasteiger partial charge in [-0.15, -0.1) is 0 Å². The van der Waals surface area contributed by atoms with Gasteiger partial charge in [-0.25, -0.2) is 0 Å². The summed E-state index contributed by atoms with van der Waals surface area (Å²) in [4.78, 5) is 19.7. The van der Waals surface area contributed by atoms with Gasteiger partial charge in [0.15, 0.2) is 5.17 Å². The Kier molecular flexibility index (Phi) is 5.88. The van der Waals surface area contributed by atoms with Crippen LogP contribution in [0.5, 0.6) is 5.75 Å². The summed E-state index contributed by atoms with van der Waals surface area (Å²) in [6.07, 6.45) is 1.92.